The number of benzene rings is 2. The predicted octanol–water partition coefficient (Wildman–Crippen LogP) is 2.06. The van der Waals surface area contributed by atoms with Crippen molar-refractivity contribution < 1.29 is 14.3 Å². The lowest BCUT2D eigenvalue weighted by Crippen LogP contribution is -2.40. The first-order valence-electron chi connectivity index (χ1n) is 11.4. The van der Waals surface area contributed by atoms with Crippen molar-refractivity contribution in [3.8, 4) is 5.75 Å². The number of carbonyl (C=O) groups excluding carboxylic acids is 2. The molecule has 2 aliphatic heterocycles. The van der Waals surface area contributed by atoms with Gasteiger partial charge < -0.3 is 21.2 Å². The Bertz CT molecular complexity index is 1100. The summed E-state index contributed by atoms with van der Waals surface area (Å²) in [6.07, 6.45) is 2.04. The number of likely N-dealkylation sites (tertiary alicyclic amines) is 1. The molecule has 1 saturated heterocycles. The van der Waals surface area contributed by atoms with Gasteiger partial charge in [-0.25, -0.2) is 5.43 Å². The third kappa shape index (κ3) is 4.01. The highest BCUT2D eigenvalue weighted by Crippen LogP contribution is 2.44. The number of nitrogens with zero attached hydrogens (tertiary/aromatic N) is 1. The van der Waals surface area contributed by atoms with Crippen LogP contribution in [-0.2, 0) is 4.79 Å². The largest absolute Gasteiger partial charge is 0.497 e. The molecule has 1 amide bonds. The van der Waals surface area contributed by atoms with Crippen molar-refractivity contribution in [2.45, 2.75) is 18.9 Å². The minimum atomic E-state index is -0.253. The molecule has 8 heteroatoms. The fourth-order valence-electron chi connectivity index (χ4n) is 4.97. The topological polar surface area (TPSA) is 109 Å². The molecule has 0 spiro atoms. The molecule has 2 aromatic rings. The number of amides is 1. The molecule has 0 bridgehead atoms. The number of rotatable bonds is 6. The summed E-state index contributed by atoms with van der Waals surface area (Å²) < 4.78 is 5.24. The van der Waals surface area contributed by atoms with Crippen molar-refractivity contribution >= 4 is 23.1 Å². The van der Waals surface area contributed by atoms with Gasteiger partial charge in [0.25, 0.3) is 0 Å². The monoisotopic (exact) mass is 447 g/mol. The molecule has 0 radical (unpaired) electrons. The second-order valence-electron chi connectivity index (χ2n) is 8.82. The van der Waals surface area contributed by atoms with Crippen LogP contribution in [0.5, 0.6) is 5.75 Å². The summed E-state index contributed by atoms with van der Waals surface area (Å²) in [6, 6.07) is 12.9. The van der Waals surface area contributed by atoms with Crippen molar-refractivity contribution in [1.82, 2.24) is 15.8 Å². The average molecular weight is 448 g/mol. The van der Waals surface area contributed by atoms with Gasteiger partial charge in [-0.15, -0.1) is 0 Å². The van der Waals surface area contributed by atoms with Crippen LogP contribution in [0.2, 0.25) is 0 Å². The zero-order chi connectivity index (χ0) is 22.9. The van der Waals surface area contributed by atoms with Gasteiger partial charge in [-0.3, -0.25) is 14.5 Å². The summed E-state index contributed by atoms with van der Waals surface area (Å²) in [7, 11) is 1.62. The zero-order valence-corrected chi connectivity index (χ0v) is 18.7. The lowest BCUT2D eigenvalue weighted by molar-refractivity contribution is -0.117. The quantitative estimate of drug-likeness (QED) is 0.537. The number of anilines is 1. The standard InChI is InChI=1S/C25H29N5O3/c1-33-17-7-5-16(6-8-17)23-22-24(29-28-23)18-3-2-4-19(21(18)25(22)32)27-20(31)14-30-11-9-15(13-26)10-12-30/h2-8,15,24,28-29H,9-14,26H2,1H3,(H,27,31). The Balaban J connectivity index is 1.36. The van der Waals surface area contributed by atoms with Gasteiger partial charge in [0, 0.05) is 5.57 Å². The molecule has 8 nitrogen and oxygen atoms in total. The Morgan fingerprint density at radius 2 is 1.94 bits per heavy atom. The van der Waals surface area contributed by atoms with Gasteiger partial charge >= 0.3 is 0 Å². The highest BCUT2D eigenvalue weighted by atomic mass is 16.5. The molecule has 172 valence electrons. The van der Waals surface area contributed by atoms with Crippen LogP contribution in [0.25, 0.3) is 5.70 Å². The second kappa shape index (κ2) is 8.97. The number of hydrogen-bond acceptors (Lipinski definition) is 7. The van der Waals surface area contributed by atoms with E-state index in [-0.39, 0.29) is 17.7 Å². The third-order valence-electron chi connectivity index (χ3n) is 6.84. The van der Waals surface area contributed by atoms with E-state index in [2.05, 4.69) is 21.1 Å². The molecule has 5 N–H and O–H groups in total. The minimum Gasteiger partial charge on any atom is -0.497 e. The molecule has 0 saturated carbocycles. The number of Topliss-reactive ketones (excluding diaryl/α,β-unsaturated/α-hetero) is 1. The van der Waals surface area contributed by atoms with Crippen molar-refractivity contribution in [2.75, 3.05) is 38.6 Å². The van der Waals surface area contributed by atoms with E-state index in [0.717, 1.165) is 48.5 Å². The van der Waals surface area contributed by atoms with E-state index in [1.54, 1.807) is 13.2 Å². The Morgan fingerprint density at radius 1 is 1.18 bits per heavy atom. The maximum Gasteiger partial charge on any atom is 0.238 e. The summed E-state index contributed by atoms with van der Waals surface area (Å²) in [5, 5.41) is 2.99. The highest BCUT2D eigenvalue weighted by Gasteiger charge is 2.42. The molecule has 5 rings (SSSR count). The molecule has 0 aromatic heterocycles. The normalized spacial score (nSPS) is 20.4. The van der Waals surface area contributed by atoms with Crippen molar-refractivity contribution in [3.05, 3.63) is 64.7 Å². The molecule has 1 fully saturated rings. The van der Waals surface area contributed by atoms with Crippen LogP contribution in [0.1, 0.15) is 40.4 Å². The van der Waals surface area contributed by atoms with Crippen molar-refractivity contribution in [3.63, 3.8) is 0 Å². The van der Waals surface area contributed by atoms with E-state index in [9.17, 15) is 9.59 Å². The second-order valence-corrected chi connectivity index (χ2v) is 8.82. The minimum absolute atomic E-state index is 0.0713. The molecule has 2 heterocycles. The maximum absolute atomic E-state index is 13.5. The first kappa shape index (κ1) is 21.6. The van der Waals surface area contributed by atoms with Crippen LogP contribution in [0, 0.1) is 5.92 Å². The summed E-state index contributed by atoms with van der Waals surface area (Å²) in [5.41, 5.74) is 16.5. The van der Waals surface area contributed by atoms with Crippen LogP contribution in [0.3, 0.4) is 0 Å². The molecular formula is C25H29N5O3. The van der Waals surface area contributed by atoms with Gasteiger partial charge in [0.2, 0.25) is 5.91 Å². The summed E-state index contributed by atoms with van der Waals surface area (Å²) in [5.74, 6) is 1.13. The third-order valence-corrected chi connectivity index (χ3v) is 6.84. The molecule has 1 aliphatic carbocycles. The van der Waals surface area contributed by atoms with Gasteiger partial charge in [-0.05, 0) is 79.9 Å². The Hall–Kier alpha value is -3.20. The number of carbonyl (C=O) groups is 2. The van der Waals surface area contributed by atoms with E-state index < -0.39 is 0 Å². The van der Waals surface area contributed by atoms with Crippen molar-refractivity contribution in [2.24, 2.45) is 11.7 Å². The number of hydrogen-bond donors (Lipinski definition) is 4. The fraction of sp³-hybridized carbons (Fsp3) is 0.360. The molecule has 33 heavy (non-hydrogen) atoms. The number of nitrogens with one attached hydrogen (secondary N) is 3. The fourth-order valence-corrected chi connectivity index (χ4v) is 4.97. The van der Waals surface area contributed by atoms with Gasteiger partial charge in [0.1, 0.15) is 5.75 Å². The number of fused-ring (bicyclic) bond motifs is 3. The SMILES string of the molecule is COc1ccc(C2=C3C(=O)c4c(NC(=O)CN5CCC(CN)CC5)cccc4C3NN2)cc1. The first-order valence-corrected chi connectivity index (χ1v) is 11.4. The Morgan fingerprint density at radius 3 is 2.64 bits per heavy atom. The van der Waals surface area contributed by atoms with E-state index in [4.69, 9.17) is 10.5 Å². The van der Waals surface area contributed by atoms with E-state index in [1.165, 1.54) is 0 Å². The lowest BCUT2D eigenvalue weighted by atomic mass is 9.97. The van der Waals surface area contributed by atoms with Gasteiger partial charge in [0.15, 0.2) is 5.78 Å². The van der Waals surface area contributed by atoms with Crippen LogP contribution >= 0.6 is 0 Å². The smallest absolute Gasteiger partial charge is 0.238 e. The molecule has 1 atom stereocenters. The van der Waals surface area contributed by atoms with Crippen LogP contribution in [0.4, 0.5) is 5.69 Å². The molecule has 3 aliphatic rings. The number of nitrogens with two attached hydrogens (primary N) is 1. The van der Waals surface area contributed by atoms with E-state index in [1.807, 2.05) is 36.4 Å². The van der Waals surface area contributed by atoms with E-state index in [0.29, 0.717) is 35.8 Å². The van der Waals surface area contributed by atoms with Gasteiger partial charge in [-0.2, -0.15) is 0 Å². The Kier molecular flexibility index (Phi) is 5.88. The number of hydrazine groups is 1. The van der Waals surface area contributed by atoms with Crippen LogP contribution in [0.15, 0.2) is 48.0 Å². The number of methoxy groups -OCH3 is 1. The average Bonchev–Trinajstić information content (AvgIpc) is 3.40. The van der Waals surface area contributed by atoms with Gasteiger partial charge in [0.05, 0.1) is 36.6 Å². The number of ether oxygens (including phenoxy) is 1. The predicted molar refractivity (Wildman–Crippen MR) is 127 cm³/mol. The first-order chi connectivity index (χ1) is 16.1. The van der Waals surface area contributed by atoms with E-state index >= 15 is 0 Å². The number of piperidine rings is 1. The molecule has 1 unspecified atom stereocenters. The number of ketones is 1. The Labute approximate surface area is 193 Å². The maximum atomic E-state index is 13.5. The van der Waals surface area contributed by atoms with Crippen LogP contribution in [-0.4, -0.2) is 49.9 Å². The van der Waals surface area contributed by atoms with Crippen molar-refractivity contribution in [1.29, 1.82) is 0 Å². The summed E-state index contributed by atoms with van der Waals surface area (Å²) in [4.78, 5) is 28.5. The summed E-state index contributed by atoms with van der Waals surface area (Å²) in [6.45, 7) is 2.77. The van der Waals surface area contributed by atoms with Crippen LogP contribution < -0.4 is 26.6 Å². The summed E-state index contributed by atoms with van der Waals surface area (Å²) >= 11 is 0. The molecule has 2 aromatic carbocycles. The van der Waals surface area contributed by atoms with Gasteiger partial charge in [-0.1, -0.05) is 12.1 Å². The lowest BCUT2D eigenvalue weighted by Gasteiger charge is -2.30. The zero-order valence-electron chi connectivity index (χ0n) is 18.7. The highest BCUT2D eigenvalue weighted by molar-refractivity contribution is 6.22. The molecular weight excluding hydrogens is 418 g/mol.